The molecule has 0 spiro atoms. The average Bonchev–Trinajstić information content (AvgIpc) is 2.96. The van der Waals surface area contributed by atoms with E-state index in [4.69, 9.17) is 10.2 Å². The first-order valence-electron chi connectivity index (χ1n) is 7.22. The SMILES string of the molecule is NC[C@H]1CCC[C@H]1C(=O)Nc1ccc2oc(=O)ccc2c1. The van der Waals surface area contributed by atoms with Crippen LogP contribution >= 0.6 is 0 Å². The largest absolute Gasteiger partial charge is 0.423 e. The standard InChI is InChI=1S/C16H18N2O3/c17-9-11-2-1-3-13(11)16(20)18-12-5-6-14-10(8-12)4-7-15(19)21-14/h4-8,11,13H,1-3,9,17H2,(H,18,20)/t11-,13-/m1/s1. The first-order chi connectivity index (χ1) is 10.2. The summed E-state index contributed by atoms with van der Waals surface area (Å²) >= 11 is 0. The lowest BCUT2D eigenvalue weighted by Gasteiger charge is -2.17. The topological polar surface area (TPSA) is 85.3 Å². The van der Waals surface area contributed by atoms with Crippen molar-refractivity contribution in [2.45, 2.75) is 19.3 Å². The predicted molar refractivity (Wildman–Crippen MR) is 81.0 cm³/mol. The van der Waals surface area contributed by atoms with Crippen molar-refractivity contribution >= 4 is 22.6 Å². The lowest BCUT2D eigenvalue weighted by molar-refractivity contribution is -0.120. The van der Waals surface area contributed by atoms with E-state index < -0.39 is 0 Å². The zero-order chi connectivity index (χ0) is 14.8. The fourth-order valence-electron chi connectivity index (χ4n) is 3.05. The predicted octanol–water partition coefficient (Wildman–Crippen LogP) is 2.11. The second kappa shape index (κ2) is 5.69. The third kappa shape index (κ3) is 2.83. The van der Waals surface area contributed by atoms with Crippen LogP contribution in [0.2, 0.25) is 0 Å². The van der Waals surface area contributed by atoms with Gasteiger partial charge in [0.05, 0.1) is 0 Å². The number of hydrogen-bond donors (Lipinski definition) is 2. The van der Waals surface area contributed by atoms with Gasteiger partial charge in [-0.2, -0.15) is 0 Å². The van der Waals surface area contributed by atoms with Gasteiger partial charge in [-0.1, -0.05) is 6.42 Å². The molecule has 3 N–H and O–H groups in total. The molecule has 0 unspecified atom stereocenters. The molecular weight excluding hydrogens is 268 g/mol. The second-order valence-corrected chi connectivity index (χ2v) is 5.53. The van der Waals surface area contributed by atoms with E-state index in [2.05, 4.69) is 5.32 Å². The number of rotatable bonds is 3. The van der Waals surface area contributed by atoms with Gasteiger partial charge >= 0.3 is 5.63 Å². The van der Waals surface area contributed by atoms with E-state index in [9.17, 15) is 9.59 Å². The van der Waals surface area contributed by atoms with E-state index in [1.165, 1.54) is 6.07 Å². The molecule has 1 aromatic carbocycles. The van der Waals surface area contributed by atoms with Gasteiger partial charge in [0.25, 0.3) is 0 Å². The average molecular weight is 286 g/mol. The van der Waals surface area contributed by atoms with Gasteiger partial charge in [-0.3, -0.25) is 4.79 Å². The molecule has 1 aliphatic rings. The fraction of sp³-hybridized carbons (Fsp3) is 0.375. The Morgan fingerprint density at radius 2 is 2.14 bits per heavy atom. The molecule has 1 amide bonds. The smallest absolute Gasteiger partial charge is 0.336 e. The lowest BCUT2D eigenvalue weighted by atomic mass is 9.95. The summed E-state index contributed by atoms with van der Waals surface area (Å²) in [6.07, 6.45) is 2.98. The Kier molecular flexibility index (Phi) is 3.75. The maximum Gasteiger partial charge on any atom is 0.336 e. The van der Waals surface area contributed by atoms with Crippen molar-refractivity contribution in [2.24, 2.45) is 17.6 Å². The van der Waals surface area contributed by atoms with E-state index in [1.807, 2.05) is 6.07 Å². The maximum atomic E-state index is 12.3. The van der Waals surface area contributed by atoms with Crippen molar-refractivity contribution in [3.05, 3.63) is 40.8 Å². The van der Waals surface area contributed by atoms with Gasteiger partial charge in [-0.25, -0.2) is 4.79 Å². The van der Waals surface area contributed by atoms with Gasteiger partial charge in [0.2, 0.25) is 5.91 Å². The minimum atomic E-state index is -0.379. The summed E-state index contributed by atoms with van der Waals surface area (Å²) < 4.78 is 5.07. The van der Waals surface area contributed by atoms with Crippen LogP contribution in [-0.4, -0.2) is 12.5 Å². The number of nitrogens with one attached hydrogen (secondary N) is 1. The summed E-state index contributed by atoms with van der Waals surface area (Å²) in [7, 11) is 0. The molecule has 5 heteroatoms. The Morgan fingerprint density at radius 3 is 2.95 bits per heavy atom. The maximum absolute atomic E-state index is 12.3. The zero-order valence-corrected chi connectivity index (χ0v) is 11.7. The Balaban J connectivity index is 1.80. The number of benzene rings is 1. The summed E-state index contributed by atoms with van der Waals surface area (Å²) in [5.74, 6) is 0.308. The highest BCUT2D eigenvalue weighted by Gasteiger charge is 2.31. The minimum absolute atomic E-state index is 0.000553. The van der Waals surface area contributed by atoms with Crippen molar-refractivity contribution in [2.75, 3.05) is 11.9 Å². The number of hydrogen-bond acceptors (Lipinski definition) is 4. The Labute approximate surface area is 122 Å². The Bertz CT molecular complexity index is 723. The molecule has 0 aliphatic heterocycles. The fourth-order valence-corrected chi connectivity index (χ4v) is 3.05. The molecule has 1 aromatic heterocycles. The number of amides is 1. The van der Waals surface area contributed by atoms with E-state index in [-0.39, 0.29) is 23.4 Å². The normalized spacial score (nSPS) is 21.6. The third-order valence-corrected chi connectivity index (χ3v) is 4.19. The molecule has 1 fully saturated rings. The molecule has 3 rings (SSSR count). The van der Waals surface area contributed by atoms with Crippen LogP contribution in [0.3, 0.4) is 0 Å². The summed E-state index contributed by atoms with van der Waals surface area (Å²) in [4.78, 5) is 23.5. The van der Waals surface area contributed by atoms with Gasteiger partial charge in [0.1, 0.15) is 5.58 Å². The van der Waals surface area contributed by atoms with E-state index in [0.717, 1.165) is 24.6 Å². The van der Waals surface area contributed by atoms with E-state index >= 15 is 0 Å². The van der Waals surface area contributed by atoms with Crippen LogP contribution < -0.4 is 16.7 Å². The highest BCUT2D eigenvalue weighted by atomic mass is 16.4. The van der Waals surface area contributed by atoms with Crippen molar-refractivity contribution in [3.8, 4) is 0 Å². The Hall–Kier alpha value is -2.14. The summed E-state index contributed by atoms with van der Waals surface area (Å²) in [6, 6.07) is 8.31. The quantitative estimate of drug-likeness (QED) is 0.846. The van der Waals surface area contributed by atoms with Crippen molar-refractivity contribution < 1.29 is 9.21 Å². The van der Waals surface area contributed by atoms with Crippen molar-refractivity contribution in [3.63, 3.8) is 0 Å². The minimum Gasteiger partial charge on any atom is -0.423 e. The number of fused-ring (bicyclic) bond motifs is 1. The molecule has 1 saturated carbocycles. The first kappa shape index (κ1) is 13.8. The third-order valence-electron chi connectivity index (χ3n) is 4.19. The molecule has 0 radical (unpaired) electrons. The van der Waals surface area contributed by atoms with Crippen LogP contribution in [-0.2, 0) is 4.79 Å². The van der Waals surface area contributed by atoms with Gasteiger partial charge in [0.15, 0.2) is 0 Å². The van der Waals surface area contributed by atoms with Gasteiger partial charge < -0.3 is 15.5 Å². The second-order valence-electron chi connectivity index (χ2n) is 5.53. The molecular formula is C16H18N2O3. The molecule has 2 atom stereocenters. The van der Waals surface area contributed by atoms with Crippen molar-refractivity contribution in [1.29, 1.82) is 0 Å². The van der Waals surface area contributed by atoms with Crippen LogP contribution in [0.4, 0.5) is 5.69 Å². The van der Waals surface area contributed by atoms with E-state index in [0.29, 0.717) is 17.8 Å². The highest BCUT2D eigenvalue weighted by molar-refractivity contribution is 5.95. The van der Waals surface area contributed by atoms with E-state index in [1.54, 1.807) is 18.2 Å². The van der Waals surface area contributed by atoms with Gasteiger partial charge in [-0.05, 0) is 49.6 Å². The molecule has 0 bridgehead atoms. The number of carbonyl (C=O) groups is 1. The van der Waals surface area contributed by atoms with Crippen LogP contribution in [0.15, 0.2) is 39.5 Å². The van der Waals surface area contributed by atoms with Crippen molar-refractivity contribution in [1.82, 2.24) is 0 Å². The monoisotopic (exact) mass is 286 g/mol. The molecule has 2 aromatic rings. The Morgan fingerprint density at radius 1 is 1.29 bits per heavy atom. The molecule has 110 valence electrons. The van der Waals surface area contributed by atoms with Gasteiger partial charge in [-0.15, -0.1) is 0 Å². The van der Waals surface area contributed by atoms with Crippen LogP contribution in [0.5, 0.6) is 0 Å². The summed E-state index contributed by atoms with van der Waals surface area (Å²) in [5.41, 5.74) is 6.57. The molecule has 1 heterocycles. The van der Waals surface area contributed by atoms with Crippen LogP contribution in [0.25, 0.3) is 11.0 Å². The first-order valence-corrected chi connectivity index (χ1v) is 7.22. The summed E-state index contributed by atoms with van der Waals surface area (Å²) in [5, 5.41) is 3.73. The number of carbonyl (C=O) groups excluding carboxylic acids is 1. The highest BCUT2D eigenvalue weighted by Crippen LogP contribution is 2.32. The molecule has 5 nitrogen and oxygen atoms in total. The lowest BCUT2D eigenvalue weighted by Crippen LogP contribution is -2.29. The molecule has 0 saturated heterocycles. The number of anilines is 1. The zero-order valence-electron chi connectivity index (χ0n) is 11.7. The van der Waals surface area contributed by atoms with Gasteiger partial charge in [0, 0.05) is 23.1 Å². The molecule has 1 aliphatic carbocycles. The van der Waals surface area contributed by atoms with Crippen LogP contribution in [0.1, 0.15) is 19.3 Å². The number of nitrogens with two attached hydrogens (primary N) is 1. The van der Waals surface area contributed by atoms with Crippen LogP contribution in [0, 0.1) is 11.8 Å². The molecule has 21 heavy (non-hydrogen) atoms. The summed E-state index contributed by atoms with van der Waals surface area (Å²) in [6.45, 7) is 0.557.